The summed E-state index contributed by atoms with van der Waals surface area (Å²) in [5.74, 6) is -2.18. The lowest BCUT2D eigenvalue weighted by Gasteiger charge is -2.20. The van der Waals surface area contributed by atoms with Gasteiger partial charge in [0.25, 0.3) is 0 Å². The van der Waals surface area contributed by atoms with Crippen molar-refractivity contribution in [3.05, 3.63) is 48.1 Å². The van der Waals surface area contributed by atoms with Crippen LogP contribution < -0.4 is 0 Å². The highest BCUT2D eigenvalue weighted by molar-refractivity contribution is 5.45. The molecule has 16 heavy (non-hydrogen) atoms. The van der Waals surface area contributed by atoms with E-state index in [1.54, 1.807) is 18.2 Å². The van der Waals surface area contributed by atoms with Gasteiger partial charge in [0.1, 0.15) is 11.5 Å². The van der Waals surface area contributed by atoms with Gasteiger partial charge in [-0.1, -0.05) is 18.2 Å². The van der Waals surface area contributed by atoms with Crippen molar-refractivity contribution >= 4 is 0 Å². The van der Waals surface area contributed by atoms with Crippen LogP contribution in [0, 0.1) is 0 Å². The minimum atomic E-state index is -1.91. The predicted octanol–water partition coefficient (Wildman–Crippen LogP) is 0.988. The third-order valence-electron chi connectivity index (χ3n) is 2.47. The van der Waals surface area contributed by atoms with Gasteiger partial charge in [-0.15, -0.1) is 0 Å². The molecular weight excluding hydrogens is 208 g/mol. The van der Waals surface area contributed by atoms with Crippen molar-refractivity contribution in [1.29, 1.82) is 0 Å². The first-order chi connectivity index (χ1) is 7.48. The fourth-order valence-electron chi connectivity index (χ4n) is 1.63. The number of phenols is 2. The van der Waals surface area contributed by atoms with Crippen LogP contribution in [0.5, 0.6) is 11.5 Å². The van der Waals surface area contributed by atoms with Crippen LogP contribution in [-0.4, -0.2) is 26.2 Å². The van der Waals surface area contributed by atoms with Crippen LogP contribution in [0.4, 0.5) is 0 Å². The molecule has 1 aromatic rings. The first kappa shape index (κ1) is 10.7. The molecule has 84 valence electrons. The minimum absolute atomic E-state index is 0.0105. The number of benzene rings is 1. The molecule has 4 nitrogen and oxygen atoms in total. The van der Waals surface area contributed by atoms with E-state index in [9.17, 15) is 15.3 Å². The first-order valence-electron chi connectivity index (χ1n) is 4.83. The van der Waals surface area contributed by atoms with Crippen molar-refractivity contribution in [2.24, 2.45) is 0 Å². The van der Waals surface area contributed by atoms with Crippen molar-refractivity contribution in [2.45, 2.75) is 11.7 Å². The Kier molecular flexibility index (Phi) is 2.46. The summed E-state index contributed by atoms with van der Waals surface area (Å²) in [7, 11) is 0. The Morgan fingerprint density at radius 3 is 2.19 bits per heavy atom. The fourth-order valence-corrected chi connectivity index (χ4v) is 1.63. The van der Waals surface area contributed by atoms with Gasteiger partial charge < -0.3 is 20.4 Å². The van der Waals surface area contributed by atoms with E-state index in [4.69, 9.17) is 5.11 Å². The molecule has 0 aliphatic heterocycles. The van der Waals surface area contributed by atoms with E-state index in [2.05, 4.69) is 0 Å². The van der Waals surface area contributed by atoms with Crippen LogP contribution in [0.2, 0.25) is 0 Å². The zero-order valence-corrected chi connectivity index (χ0v) is 8.41. The molecule has 0 heterocycles. The lowest BCUT2D eigenvalue weighted by molar-refractivity contribution is -0.0754. The standard InChI is InChI=1S/C12H12O4/c13-9-1-2-10(11(14)7-9)8-3-5-12(15,16)6-4-8/h1-8,13-16H. The molecule has 1 aliphatic rings. The normalized spacial score (nSPS) is 18.9. The number of aromatic hydroxyl groups is 2. The van der Waals surface area contributed by atoms with Crippen LogP contribution in [0.25, 0.3) is 0 Å². The summed E-state index contributed by atoms with van der Waals surface area (Å²) in [4.78, 5) is 0. The summed E-state index contributed by atoms with van der Waals surface area (Å²) < 4.78 is 0. The molecule has 1 aromatic carbocycles. The molecule has 0 amide bonds. The van der Waals surface area contributed by atoms with Crippen LogP contribution >= 0.6 is 0 Å². The number of phenolic OH excluding ortho intramolecular Hbond substituents is 2. The molecule has 0 aromatic heterocycles. The first-order valence-corrected chi connectivity index (χ1v) is 4.83. The van der Waals surface area contributed by atoms with Gasteiger partial charge in [0, 0.05) is 17.5 Å². The van der Waals surface area contributed by atoms with Gasteiger partial charge in [0.05, 0.1) is 0 Å². The van der Waals surface area contributed by atoms with Gasteiger partial charge in [-0.3, -0.25) is 0 Å². The highest BCUT2D eigenvalue weighted by Crippen LogP contribution is 2.33. The molecule has 0 saturated heterocycles. The summed E-state index contributed by atoms with van der Waals surface area (Å²) in [5, 5.41) is 37.2. The number of aliphatic hydroxyl groups is 2. The second kappa shape index (κ2) is 3.66. The summed E-state index contributed by atoms with van der Waals surface area (Å²) in [6, 6.07) is 4.30. The Balaban J connectivity index is 2.31. The quantitative estimate of drug-likeness (QED) is 0.420. The van der Waals surface area contributed by atoms with Crippen molar-refractivity contribution in [3.63, 3.8) is 0 Å². The number of rotatable bonds is 1. The van der Waals surface area contributed by atoms with Gasteiger partial charge in [0.2, 0.25) is 5.79 Å². The van der Waals surface area contributed by atoms with Gasteiger partial charge in [-0.05, 0) is 18.2 Å². The smallest absolute Gasteiger partial charge is 0.202 e. The maximum atomic E-state index is 9.62. The second-order valence-electron chi connectivity index (χ2n) is 3.77. The lowest BCUT2D eigenvalue weighted by Crippen LogP contribution is -2.23. The third kappa shape index (κ3) is 2.08. The summed E-state index contributed by atoms with van der Waals surface area (Å²) >= 11 is 0. The zero-order chi connectivity index (χ0) is 11.8. The summed E-state index contributed by atoms with van der Waals surface area (Å²) in [6.45, 7) is 0. The maximum Gasteiger partial charge on any atom is 0.202 e. The van der Waals surface area contributed by atoms with Crippen LogP contribution in [0.1, 0.15) is 11.5 Å². The van der Waals surface area contributed by atoms with Crippen LogP contribution in [0.3, 0.4) is 0 Å². The number of hydrogen-bond acceptors (Lipinski definition) is 4. The predicted molar refractivity (Wildman–Crippen MR) is 58.0 cm³/mol. The minimum Gasteiger partial charge on any atom is -0.508 e. The van der Waals surface area contributed by atoms with Gasteiger partial charge in [-0.2, -0.15) is 0 Å². The number of allylic oxidation sites excluding steroid dienone is 2. The summed E-state index contributed by atoms with van der Waals surface area (Å²) in [6.07, 6.45) is 5.63. The molecule has 0 fully saturated rings. The van der Waals surface area contributed by atoms with E-state index in [0.29, 0.717) is 5.56 Å². The Morgan fingerprint density at radius 1 is 1.00 bits per heavy atom. The third-order valence-corrected chi connectivity index (χ3v) is 2.47. The molecule has 4 heteroatoms. The molecule has 0 radical (unpaired) electrons. The Hall–Kier alpha value is -1.78. The van der Waals surface area contributed by atoms with E-state index in [1.807, 2.05) is 0 Å². The molecule has 0 unspecified atom stereocenters. The van der Waals surface area contributed by atoms with E-state index in [0.717, 1.165) is 0 Å². The van der Waals surface area contributed by atoms with Crippen molar-refractivity contribution < 1.29 is 20.4 Å². The van der Waals surface area contributed by atoms with Crippen molar-refractivity contribution in [3.8, 4) is 11.5 Å². The Labute approximate surface area is 92.4 Å². The largest absolute Gasteiger partial charge is 0.508 e. The second-order valence-corrected chi connectivity index (χ2v) is 3.77. The monoisotopic (exact) mass is 220 g/mol. The molecule has 4 N–H and O–H groups in total. The van der Waals surface area contributed by atoms with Crippen LogP contribution in [0.15, 0.2) is 42.5 Å². The highest BCUT2D eigenvalue weighted by atomic mass is 16.5. The maximum absolute atomic E-state index is 9.62. The van der Waals surface area contributed by atoms with Gasteiger partial charge in [0.15, 0.2) is 0 Å². The fraction of sp³-hybridized carbons (Fsp3) is 0.167. The molecular formula is C12H12O4. The summed E-state index contributed by atoms with van der Waals surface area (Å²) in [5.41, 5.74) is 0.598. The number of hydrogen-bond donors (Lipinski definition) is 4. The Morgan fingerprint density at radius 2 is 1.62 bits per heavy atom. The molecule has 0 bridgehead atoms. The topological polar surface area (TPSA) is 80.9 Å². The Bertz CT molecular complexity index is 444. The molecule has 0 atom stereocenters. The van der Waals surface area contributed by atoms with Gasteiger partial charge >= 0.3 is 0 Å². The average molecular weight is 220 g/mol. The molecule has 0 spiro atoms. The SMILES string of the molecule is Oc1ccc(C2C=CC(O)(O)C=C2)c(O)c1. The lowest BCUT2D eigenvalue weighted by atomic mass is 9.92. The van der Waals surface area contributed by atoms with E-state index in [-0.39, 0.29) is 17.4 Å². The van der Waals surface area contributed by atoms with Gasteiger partial charge in [-0.25, -0.2) is 0 Å². The average Bonchev–Trinajstić information content (AvgIpc) is 2.19. The van der Waals surface area contributed by atoms with Crippen molar-refractivity contribution in [1.82, 2.24) is 0 Å². The van der Waals surface area contributed by atoms with Crippen molar-refractivity contribution in [2.75, 3.05) is 0 Å². The van der Waals surface area contributed by atoms with E-state index in [1.165, 1.54) is 24.3 Å². The van der Waals surface area contributed by atoms with E-state index < -0.39 is 5.79 Å². The molecule has 1 aliphatic carbocycles. The molecule has 0 saturated carbocycles. The van der Waals surface area contributed by atoms with E-state index >= 15 is 0 Å². The zero-order valence-electron chi connectivity index (χ0n) is 8.41. The molecule has 2 rings (SSSR count). The van der Waals surface area contributed by atoms with Crippen LogP contribution in [-0.2, 0) is 0 Å². The highest BCUT2D eigenvalue weighted by Gasteiger charge is 2.21.